The summed E-state index contributed by atoms with van der Waals surface area (Å²) in [5.74, 6) is 0.843. The molecule has 1 aromatic rings. The highest BCUT2D eigenvalue weighted by molar-refractivity contribution is 6.35. The molecule has 0 saturated carbocycles. The molecule has 0 aromatic heterocycles. The Morgan fingerprint density at radius 1 is 1.17 bits per heavy atom. The van der Waals surface area contributed by atoms with Crippen molar-refractivity contribution in [3.05, 3.63) is 28.2 Å². The lowest BCUT2D eigenvalue weighted by molar-refractivity contribution is -0.120. The standard InChI is InChI=1S/C18H25Cl2N3O/c1-13-4-6-22(12-13)7-8-23-5-2-3-17(23)18(24)21-16-10-14(19)9-15(20)11-16/h9-11,13,17H,2-8,12H2,1H3,(H,21,24)/t13-,17+/m0/s1. The van der Waals surface area contributed by atoms with E-state index in [9.17, 15) is 4.79 Å². The fraction of sp³-hybridized carbons (Fsp3) is 0.611. The molecule has 132 valence electrons. The number of hydrogen-bond donors (Lipinski definition) is 1. The van der Waals surface area contributed by atoms with Gasteiger partial charge in [-0.3, -0.25) is 9.69 Å². The maximum absolute atomic E-state index is 12.6. The molecule has 0 bridgehead atoms. The van der Waals surface area contributed by atoms with Crippen LogP contribution in [-0.2, 0) is 4.79 Å². The molecular weight excluding hydrogens is 345 g/mol. The molecule has 1 amide bonds. The maximum Gasteiger partial charge on any atom is 0.241 e. The van der Waals surface area contributed by atoms with Crippen LogP contribution in [0.2, 0.25) is 10.0 Å². The van der Waals surface area contributed by atoms with Crippen LogP contribution in [0, 0.1) is 5.92 Å². The van der Waals surface area contributed by atoms with E-state index in [1.54, 1.807) is 18.2 Å². The Morgan fingerprint density at radius 2 is 1.92 bits per heavy atom. The average Bonchev–Trinajstić information content (AvgIpc) is 3.12. The lowest BCUT2D eigenvalue weighted by atomic mass is 10.2. The zero-order chi connectivity index (χ0) is 17.1. The number of carbonyl (C=O) groups is 1. The first-order chi connectivity index (χ1) is 11.5. The van der Waals surface area contributed by atoms with Crippen molar-refractivity contribution in [2.75, 3.05) is 38.0 Å². The van der Waals surface area contributed by atoms with Crippen molar-refractivity contribution in [2.45, 2.75) is 32.2 Å². The zero-order valence-corrected chi connectivity index (χ0v) is 15.6. The van der Waals surface area contributed by atoms with E-state index in [-0.39, 0.29) is 11.9 Å². The van der Waals surface area contributed by atoms with E-state index < -0.39 is 0 Å². The van der Waals surface area contributed by atoms with Gasteiger partial charge in [0.1, 0.15) is 0 Å². The van der Waals surface area contributed by atoms with E-state index in [0.29, 0.717) is 15.7 Å². The Bertz CT molecular complexity index is 575. The molecular formula is C18H25Cl2N3O. The number of nitrogens with zero attached hydrogens (tertiary/aromatic N) is 2. The first-order valence-corrected chi connectivity index (χ1v) is 9.50. The first-order valence-electron chi connectivity index (χ1n) is 8.74. The Balaban J connectivity index is 1.55. The van der Waals surface area contributed by atoms with Crippen LogP contribution in [-0.4, -0.2) is 54.5 Å². The summed E-state index contributed by atoms with van der Waals surface area (Å²) in [6.07, 6.45) is 3.28. The predicted molar refractivity (Wildman–Crippen MR) is 99.9 cm³/mol. The molecule has 1 N–H and O–H groups in total. The van der Waals surface area contributed by atoms with Gasteiger partial charge in [-0.1, -0.05) is 30.1 Å². The number of halogens is 2. The molecule has 1 aromatic carbocycles. The van der Waals surface area contributed by atoms with E-state index in [4.69, 9.17) is 23.2 Å². The molecule has 3 rings (SSSR count). The molecule has 0 radical (unpaired) electrons. The minimum Gasteiger partial charge on any atom is -0.325 e. The van der Waals surface area contributed by atoms with E-state index in [2.05, 4.69) is 22.0 Å². The number of amides is 1. The molecule has 6 heteroatoms. The van der Waals surface area contributed by atoms with E-state index >= 15 is 0 Å². The number of anilines is 1. The zero-order valence-electron chi connectivity index (χ0n) is 14.1. The summed E-state index contributed by atoms with van der Waals surface area (Å²) in [6.45, 7) is 7.69. The Morgan fingerprint density at radius 3 is 2.58 bits per heavy atom. The highest BCUT2D eigenvalue weighted by Gasteiger charge is 2.31. The molecule has 24 heavy (non-hydrogen) atoms. The minimum absolute atomic E-state index is 0.0422. The molecule has 4 nitrogen and oxygen atoms in total. The van der Waals surface area contributed by atoms with Crippen LogP contribution >= 0.6 is 23.2 Å². The molecule has 2 fully saturated rings. The van der Waals surface area contributed by atoms with Crippen LogP contribution in [0.5, 0.6) is 0 Å². The number of likely N-dealkylation sites (tertiary alicyclic amines) is 2. The maximum atomic E-state index is 12.6. The van der Waals surface area contributed by atoms with Crippen LogP contribution in [0.15, 0.2) is 18.2 Å². The second-order valence-corrected chi connectivity index (χ2v) is 7.91. The highest BCUT2D eigenvalue weighted by Crippen LogP contribution is 2.24. The van der Waals surface area contributed by atoms with Gasteiger partial charge < -0.3 is 10.2 Å². The van der Waals surface area contributed by atoms with Crippen molar-refractivity contribution in [2.24, 2.45) is 5.92 Å². The summed E-state index contributed by atoms with van der Waals surface area (Å²) < 4.78 is 0. The van der Waals surface area contributed by atoms with Gasteiger partial charge in [0.25, 0.3) is 0 Å². The summed E-state index contributed by atoms with van der Waals surface area (Å²) >= 11 is 12.0. The molecule has 0 unspecified atom stereocenters. The second-order valence-electron chi connectivity index (χ2n) is 7.04. The SMILES string of the molecule is C[C@H]1CCN(CCN2CCC[C@@H]2C(=O)Nc2cc(Cl)cc(Cl)c2)C1. The van der Waals surface area contributed by atoms with Gasteiger partial charge in [0.05, 0.1) is 6.04 Å². The van der Waals surface area contributed by atoms with Crippen LogP contribution in [0.25, 0.3) is 0 Å². The van der Waals surface area contributed by atoms with Gasteiger partial charge in [0, 0.05) is 35.4 Å². The van der Waals surface area contributed by atoms with Crippen LogP contribution < -0.4 is 5.32 Å². The van der Waals surface area contributed by atoms with Crippen molar-refractivity contribution in [3.63, 3.8) is 0 Å². The quantitative estimate of drug-likeness (QED) is 0.858. The van der Waals surface area contributed by atoms with Gasteiger partial charge in [-0.2, -0.15) is 0 Å². The van der Waals surface area contributed by atoms with Crippen LogP contribution in [0.4, 0.5) is 5.69 Å². The molecule has 2 aliphatic rings. The first kappa shape index (κ1) is 18.0. The van der Waals surface area contributed by atoms with Crippen LogP contribution in [0.3, 0.4) is 0 Å². The third kappa shape index (κ3) is 4.63. The lowest BCUT2D eigenvalue weighted by Gasteiger charge is -2.26. The summed E-state index contributed by atoms with van der Waals surface area (Å²) in [5.41, 5.74) is 0.665. The smallest absolute Gasteiger partial charge is 0.241 e. The second kappa shape index (κ2) is 8.05. The fourth-order valence-electron chi connectivity index (χ4n) is 3.74. The van der Waals surface area contributed by atoms with Gasteiger partial charge >= 0.3 is 0 Å². The summed E-state index contributed by atoms with van der Waals surface area (Å²) in [4.78, 5) is 17.5. The van der Waals surface area contributed by atoms with Gasteiger partial charge in [0.2, 0.25) is 5.91 Å². The average molecular weight is 370 g/mol. The van der Waals surface area contributed by atoms with Crippen molar-refractivity contribution < 1.29 is 4.79 Å². The molecule has 0 spiro atoms. The lowest BCUT2D eigenvalue weighted by Crippen LogP contribution is -2.43. The van der Waals surface area contributed by atoms with Gasteiger partial charge in [0.15, 0.2) is 0 Å². The van der Waals surface area contributed by atoms with Crippen molar-refractivity contribution in [1.29, 1.82) is 0 Å². The highest BCUT2D eigenvalue weighted by atomic mass is 35.5. The Hall–Kier alpha value is -0.810. The van der Waals surface area contributed by atoms with Crippen molar-refractivity contribution in [3.8, 4) is 0 Å². The fourth-order valence-corrected chi connectivity index (χ4v) is 4.27. The number of hydrogen-bond acceptors (Lipinski definition) is 3. The number of rotatable bonds is 5. The molecule has 2 atom stereocenters. The normalized spacial score (nSPS) is 25.3. The summed E-state index contributed by atoms with van der Waals surface area (Å²) in [6, 6.07) is 5.08. The Labute approximate surface area is 154 Å². The molecule has 0 aliphatic carbocycles. The van der Waals surface area contributed by atoms with E-state index in [0.717, 1.165) is 38.4 Å². The Kier molecular flexibility index (Phi) is 6.03. The van der Waals surface area contributed by atoms with Gasteiger partial charge in [-0.25, -0.2) is 0 Å². The topological polar surface area (TPSA) is 35.6 Å². The number of benzene rings is 1. The summed E-state index contributed by atoms with van der Waals surface area (Å²) in [7, 11) is 0. The van der Waals surface area contributed by atoms with Gasteiger partial charge in [-0.15, -0.1) is 0 Å². The predicted octanol–water partition coefficient (Wildman–Crippen LogP) is 3.74. The third-order valence-electron chi connectivity index (χ3n) is 5.01. The third-order valence-corrected chi connectivity index (χ3v) is 5.44. The molecule has 2 aliphatic heterocycles. The van der Waals surface area contributed by atoms with Crippen LogP contribution in [0.1, 0.15) is 26.2 Å². The molecule has 2 saturated heterocycles. The van der Waals surface area contributed by atoms with E-state index in [1.165, 1.54) is 19.5 Å². The summed E-state index contributed by atoms with van der Waals surface area (Å²) in [5, 5.41) is 4.03. The van der Waals surface area contributed by atoms with Gasteiger partial charge in [-0.05, 0) is 56.5 Å². The monoisotopic (exact) mass is 369 g/mol. The number of carbonyl (C=O) groups excluding carboxylic acids is 1. The molecule has 2 heterocycles. The minimum atomic E-state index is -0.0530. The van der Waals surface area contributed by atoms with Crippen molar-refractivity contribution >= 4 is 34.8 Å². The van der Waals surface area contributed by atoms with Crippen molar-refractivity contribution in [1.82, 2.24) is 9.80 Å². The number of nitrogens with one attached hydrogen (secondary N) is 1. The largest absolute Gasteiger partial charge is 0.325 e. The van der Waals surface area contributed by atoms with E-state index in [1.807, 2.05) is 0 Å².